The number of rotatable bonds is 1. The average Bonchev–Trinajstić information content (AvgIpc) is 2.39. The molecule has 1 N–H and O–H groups in total. The van der Waals surface area contributed by atoms with Crippen LogP contribution in [-0.4, -0.2) is 52.2 Å². The molecule has 0 saturated carbocycles. The number of piperazine rings is 1. The highest BCUT2D eigenvalue weighted by Crippen LogP contribution is 2.10. The molecule has 0 unspecified atom stereocenters. The van der Waals surface area contributed by atoms with Crippen molar-refractivity contribution < 1.29 is 9.90 Å². The normalized spacial score (nSPS) is 15.5. The molecule has 0 bridgehead atoms. The van der Waals surface area contributed by atoms with Gasteiger partial charge in [-0.3, -0.25) is 0 Å². The van der Waals surface area contributed by atoms with E-state index < -0.39 is 6.09 Å². The standard InChI is InChI=1S/C10H11N5O2/c11-5-8-6-12-9(13-7-8)14-1-3-15(4-2-14)10(16)17/h6-7H,1-4H2,(H,16,17). The van der Waals surface area contributed by atoms with Gasteiger partial charge in [0.15, 0.2) is 0 Å². The largest absolute Gasteiger partial charge is 0.465 e. The van der Waals surface area contributed by atoms with E-state index in [4.69, 9.17) is 10.4 Å². The number of hydrogen-bond donors (Lipinski definition) is 1. The molecule has 1 aliphatic rings. The zero-order valence-corrected chi connectivity index (χ0v) is 9.07. The summed E-state index contributed by atoms with van der Waals surface area (Å²) in [6.07, 6.45) is 2.03. The van der Waals surface area contributed by atoms with E-state index in [1.807, 2.05) is 11.0 Å². The monoisotopic (exact) mass is 233 g/mol. The first-order valence-corrected chi connectivity index (χ1v) is 5.15. The molecule has 1 aromatic heterocycles. The number of anilines is 1. The number of amides is 1. The van der Waals surface area contributed by atoms with Crippen LogP contribution in [0.1, 0.15) is 5.56 Å². The van der Waals surface area contributed by atoms with Crippen LogP contribution in [0.25, 0.3) is 0 Å². The van der Waals surface area contributed by atoms with E-state index in [2.05, 4.69) is 9.97 Å². The molecule has 2 heterocycles. The Balaban J connectivity index is 2.00. The highest BCUT2D eigenvalue weighted by molar-refractivity contribution is 5.65. The van der Waals surface area contributed by atoms with E-state index in [1.165, 1.54) is 17.3 Å². The van der Waals surface area contributed by atoms with Crippen LogP contribution in [0.4, 0.5) is 10.7 Å². The summed E-state index contributed by atoms with van der Waals surface area (Å²) in [6, 6.07) is 1.95. The van der Waals surface area contributed by atoms with Gasteiger partial charge in [-0.25, -0.2) is 14.8 Å². The van der Waals surface area contributed by atoms with Gasteiger partial charge in [0.05, 0.1) is 18.0 Å². The van der Waals surface area contributed by atoms with Crippen molar-refractivity contribution in [2.45, 2.75) is 0 Å². The molecule has 0 aromatic carbocycles. The van der Waals surface area contributed by atoms with Gasteiger partial charge in [-0.1, -0.05) is 0 Å². The number of carbonyl (C=O) groups is 1. The molecule has 0 spiro atoms. The Kier molecular flexibility index (Phi) is 3.05. The van der Waals surface area contributed by atoms with Gasteiger partial charge in [0, 0.05) is 26.2 Å². The zero-order valence-electron chi connectivity index (χ0n) is 9.07. The first kappa shape index (κ1) is 11.1. The topological polar surface area (TPSA) is 93.4 Å². The van der Waals surface area contributed by atoms with Gasteiger partial charge in [0.2, 0.25) is 5.95 Å². The molecule has 1 aromatic rings. The Hall–Kier alpha value is -2.36. The fourth-order valence-electron chi connectivity index (χ4n) is 1.64. The third kappa shape index (κ3) is 2.42. The Morgan fingerprint density at radius 2 is 1.88 bits per heavy atom. The van der Waals surface area contributed by atoms with Gasteiger partial charge in [-0.15, -0.1) is 0 Å². The molecule has 0 aliphatic carbocycles. The van der Waals surface area contributed by atoms with Crippen LogP contribution in [0.15, 0.2) is 12.4 Å². The molecule has 1 amide bonds. The summed E-state index contributed by atoms with van der Waals surface area (Å²) in [6.45, 7) is 2.02. The van der Waals surface area contributed by atoms with Crippen molar-refractivity contribution >= 4 is 12.0 Å². The number of hydrogen-bond acceptors (Lipinski definition) is 5. The second-order valence-electron chi connectivity index (χ2n) is 3.64. The first-order chi connectivity index (χ1) is 8.20. The molecule has 1 saturated heterocycles. The average molecular weight is 233 g/mol. The maximum Gasteiger partial charge on any atom is 0.407 e. The van der Waals surface area contributed by atoms with Crippen molar-refractivity contribution in [2.75, 3.05) is 31.1 Å². The third-order valence-electron chi connectivity index (χ3n) is 2.60. The SMILES string of the molecule is N#Cc1cnc(N2CCN(C(=O)O)CC2)nc1. The minimum Gasteiger partial charge on any atom is -0.465 e. The van der Waals surface area contributed by atoms with Crippen LogP contribution in [0.5, 0.6) is 0 Å². The second-order valence-corrected chi connectivity index (χ2v) is 3.64. The van der Waals surface area contributed by atoms with E-state index in [9.17, 15) is 4.79 Å². The van der Waals surface area contributed by atoms with Crippen molar-refractivity contribution in [2.24, 2.45) is 0 Å². The van der Waals surface area contributed by atoms with E-state index in [0.717, 1.165) is 0 Å². The summed E-state index contributed by atoms with van der Waals surface area (Å²) in [5.74, 6) is 0.536. The Morgan fingerprint density at radius 3 is 2.35 bits per heavy atom. The molecule has 88 valence electrons. The van der Waals surface area contributed by atoms with Crippen LogP contribution in [0.2, 0.25) is 0 Å². The molecule has 1 fully saturated rings. The zero-order chi connectivity index (χ0) is 12.3. The second kappa shape index (κ2) is 4.65. The smallest absolute Gasteiger partial charge is 0.407 e. The quantitative estimate of drug-likeness (QED) is 0.742. The molecule has 0 atom stereocenters. The number of carboxylic acid groups (broad SMARTS) is 1. The number of nitriles is 1. The summed E-state index contributed by atoms with van der Waals surface area (Å²) >= 11 is 0. The summed E-state index contributed by atoms with van der Waals surface area (Å²) in [5.41, 5.74) is 0.415. The van der Waals surface area contributed by atoms with Crippen LogP contribution < -0.4 is 4.90 Å². The molecular formula is C10H11N5O2. The lowest BCUT2D eigenvalue weighted by Crippen LogP contribution is -2.48. The molecular weight excluding hydrogens is 222 g/mol. The Labute approximate surface area is 97.9 Å². The molecule has 0 radical (unpaired) electrons. The number of aromatic nitrogens is 2. The van der Waals surface area contributed by atoms with E-state index >= 15 is 0 Å². The van der Waals surface area contributed by atoms with Gasteiger partial charge >= 0.3 is 6.09 Å². The lowest BCUT2D eigenvalue weighted by Gasteiger charge is -2.32. The van der Waals surface area contributed by atoms with Crippen molar-refractivity contribution in [1.82, 2.24) is 14.9 Å². The lowest BCUT2D eigenvalue weighted by molar-refractivity contribution is 0.142. The van der Waals surface area contributed by atoms with Crippen molar-refractivity contribution in [3.05, 3.63) is 18.0 Å². The van der Waals surface area contributed by atoms with Gasteiger partial charge in [-0.05, 0) is 0 Å². The van der Waals surface area contributed by atoms with Crippen LogP contribution in [-0.2, 0) is 0 Å². The minimum atomic E-state index is -0.898. The summed E-state index contributed by atoms with van der Waals surface area (Å²) in [7, 11) is 0. The maximum absolute atomic E-state index is 10.7. The predicted octanol–water partition coefficient (Wildman–Crippen LogP) is 0.148. The summed E-state index contributed by atoms with van der Waals surface area (Å²) in [4.78, 5) is 22.1. The Bertz CT molecular complexity index is 445. The fourth-order valence-corrected chi connectivity index (χ4v) is 1.64. The molecule has 17 heavy (non-hydrogen) atoms. The van der Waals surface area contributed by atoms with Gasteiger partial charge in [0.1, 0.15) is 6.07 Å². The van der Waals surface area contributed by atoms with Crippen LogP contribution in [0, 0.1) is 11.3 Å². The molecule has 7 heteroatoms. The molecule has 1 aliphatic heterocycles. The van der Waals surface area contributed by atoms with Crippen molar-refractivity contribution in [3.63, 3.8) is 0 Å². The molecule has 2 rings (SSSR count). The van der Waals surface area contributed by atoms with Crippen LogP contribution in [0.3, 0.4) is 0 Å². The highest BCUT2D eigenvalue weighted by Gasteiger charge is 2.21. The van der Waals surface area contributed by atoms with E-state index in [1.54, 1.807) is 0 Å². The predicted molar refractivity (Wildman–Crippen MR) is 58.6 cm³/mol. The molecule has 7 nitrogen and oxygen atoms in total. The van der Waals surface area contributed by atoms with E-state index in [-0.39, 0.29) is 0 Å². The lowest BCUT2D eigenvalue weighted by atomic mass is 10.3. The third-order valence-corrected chi connectivity index (χ3v) is 2.60. The van der Waals surface area contributed by atoms with Gasteiger partial charge in [0.25, 0.3) is 0 Å². The van der Waals surface area contributed by atoms with Crippen LogP contribution >= 0.6 is 0 Å². The first-order valence-electron chi connectivity index (χ1n) is 5.15. The summed E-state index contributed by atoms with van der Waals surface area (Å²) in [5, 5.41) is 17.4. The summed E-state index contributed by atoms with van der Waals surface area (Å²) < 4.78 is 0. The van der Waals surface area contributed by atoms with Gasteiger partial charge in [-0.2, -0.15) is 5.26 Å². The minimum absolute atomic E-state index is 0.415. The van der Waals surface area contributed by atoms with E-state index in [0.29, 0.717) is 37.7 Å². The van der Waals surface area contributed by atoms with Crippen molar-refractivity contribution in [3.8, 4) is 6.07 Å². The Morgan fingerprint density at radius 1 is 1.29 bits per heavy atom. The van der Waals surface area contributed by atoms with Gasteiger partial charge < -0.3 is 14.9 Å². The highest BCUT2D eigenvalue weighted by atomic mass is 16.4. The number of nitrogens with zero attached hydrogens (tertiary/aromatic N) is 5. The van der Waals surface area contributed by atoms with Crippen molar-refractivity contribution in [1.29, 1.82) is 5.26 Å². The fraction of sp³-hybridized carbons (Fsp3) is 0.400. The maximum atomic E-state index is 10.7.